The molecule has 2 heteroatoms. The molecular formula is C22H18O2. The third-order valence-corrected chi connectivity index (χ3v) is 5.14. The van der Waals surface area contributed by atoms with Crippen LogP contribution in [0.1, 0.15) is 28.7 Å². The Hall–Kier alpha value is -2.74. The van der Waals surface area contributed by atoms with Crippen LogP contribution in [-0.2, 0) is 0 Å². The molecule has 3 aromatic carbocycles. The maximum absolute atomic E-state index is 6.42. The highest BCUT2D eigenvalue weighted by atomic mass is 16.5. The lowest BCUT2D eigenvalue weighted by molar-refractivity contribution is 0.0532. The number of ether oxygens (including phenoxy) is 2. The van der Waals surface area contributed by atoms with Crippen molar-refractivity contribution in [3.8, 4) is 11.5 Å². The molecule has 3 aromatic rings. The normalized spacial score (nSPS) is 23.9. The molecule has 118 valence electrons. The Morgan fingerprint density at radius 2 is 1.29 bits per heavy atom. The predicted molar refractivity (Wildman–Crippen MR) is 93.5 cm³/mol. The summed E-state index contributed by atoms with van der Waals surface area (Å²) in [6.45, 7) is 0.676. The summed E-state index contributed by atoms with van der Waals surface area (Å²) >= 11 is 0. The monoisotopic (exact) mass is 314 g/mol. The van der Waals surface area contributed by atoms with Crippen molar-refractivity contribution in [1.29, 1.82) is 0 Å². The van der Waals surface area contributed by atoms with Gasteiger partial charge in [0.05, 0.1) is 6.61 Å². The second-order valence-corrected chi connectivity index (χ2v) is 6.48. The predicted octanol–water partition coefficient (Wildman–Crippen LogP) is 4.96. The summed E-state index contributed by atoms with van der Waals surface area (Å²) in [4.78, 5) is 0. The van der Waals surface area contributed by atoms with Crippen LogP contribution < -0.4 is 9.47 Å². The van der Waals surface area contributed by atoms with Crippen LogP contribution in [0.25, 0.3) is 0 Å². The first-order valence-electron chi connectivity index (χ1n) is 8.44. The van der Waals surface area contributed by atoms with Crippen LogP contribution in [0.2, 0.25) is 0 Å². The van der Waals surface area contributed by atoms with E-state index in [1.54, 1.807) is 0 Å². The number of benzene rings is 3. The Morgan fingerprint density at radius 1 is 0.667 bits per heavy atom. The Kier molecular flexibility index (Phi) is 3.08. The SMILES string of the molecule is c1ccc([C@@H]2Oc3ccccc3[C@@H]3c4ccccc4OC[C@@H]32)cc1. The molecule has 2 nitrogen and oxygen atoms in total. The lowest BCUT2D eigenvalue weighted by Crippen LogP contribution is -2.37. The summed E-state index contributed by atoms with van der Waals surface area (Å²) in [6.07, 6.45) is 0.0134. The first-order valence-corrected chi connectivity index (χ1v) is 8.44. The standard InChI is InChI=1S/C22H18O2/c1-2-8-15(9-3-1)22-18-14-23-19-12-6-4-10-16(19)21(18)17-11-5-7-13-20(17)24-22/h1-13,18,21-22H,14H2/t18-,21-,22-/m0/s1. The lowest BCUT2D eigenvalue weighted by atomic mass is 9.73. The fraction of sp³-hybridized carbons (Fsp3) is 0.182. The third-order valence-electron chi connectivity index (χ3n) is 5.14. The molecular weight excluding hydrogens is 296 g/mol. The second kappa shape index (κ2) is 5.41. The largest absolute Gasteiger partial charge is 0.493 e. The van der Waals surface area contributed by atoms with Crippen molar-refractivity contribution < 1.29 is 9.47 Å². The number of fused-ring (bicyclic) bond motifs is 5. The zero-order chi connectivity index (χ0) is 15.9. The molecule has 2 heterocycles. The number of hydrogen-bond acceptors (Lipinski definition) is 2. The van der Waals surface area contributed by atoms with E-state index in [0.29, 0.717) is 12.5 Å². The van der Waals surface area contributed by atoms with Crippen molar-refractivity contribution in [2.45, 2.75) is 12.0 Å². The van der Waals surface area contributed by atoms with E-state index in [2.05, 4.69) is 60.7 Å². The van der Waals surface area contributed by atoms with Crippen molar-refractivity contribution in [2.75, 3.05) is 6.61 Å². The molecule has 0 aromatic heterocycles. The summed E-state index contributed by atoms with van der Waals surface area (Å²) in [5, 5.41) is 0. The van der Waals surface area contributed by atoms with E-state index in [-0.39, 0.29) is 12.0 Å². The summed E-state index contributed by atoms with van der Waals surface area (Å²) in [7, 11) is 0. The van der Waals surface area contributed by atoms with E-state index in [9.17, 15) is 0 Å². The molecule has 0 saturated carbocycles. The quantitative estimate of drug-likeness (QED) is 0.632. The Balaban J connectivity index is 1.70. The van der Waals surface area contributed by atoms with Gasteiger partial charge in [-0.25, -0.2) is 0 Å². The first-order chi connectivity index (χ1) is 11.9. The van der Waals surface area contributed by atoms with Gasteiger partial charge in [0.25, 0.3) is 0 Å². The van der Waals surface area contributed by atoms with E-state index in [0.717, 1.165) is 11.5 Å². The van der Waals surface area contributed by atoms with Gasteiger partial charge in [-0.15, -0.1) is 0 Å². The minimum Gasteiger partial charge on any atom is -0.493 e. The molecule has 3 atom stereocenters. The zero-order valence-corrected chi connectivity index (χ0v) is 13.3. The van der Waals surface area contributed by atoms with Crippen LogP contribution in [0.5, 0.6) is 11.5 Å². The van der Waals surface area contributed by atoms with E-state index in [1.165, 1.54) is 16.7 Å². The second-order valence-electron chi connectivity index (χ2n) is 6.48. The van der Waals surface area contributed by atoms with E-state index >= 15 is 0 Å². The van der Waals surface area contributed by atoms with Gasteiger partial charge in [-0.05, 0) is 17.7 Å². The fourth-order valence-electron chi connectivity index (χ4n) is 4.07. The highest BCUT2D eigenvalue weighted by Gasteiger charge is 2.43. The van der Waals surface area contributed by atoms with Crippen LogP contribution in [0, 0.1) is 5.92 Å². The van der Waals surface area contributed by atoms with Crippen LogP contribution in [0.4, 0.5) is 0 Å². The highest BCUT2D eigenvalue weighted by molar-refractivity contribution is 5.51. The van der Waals surface area contributed by atoms with Gasteiger partial charge in [-0.2, -0.15) is 0 Å². The maximum atomic E-state index is 6.42. The summed E-state index contributed by atoms with van der Waals surface area (Å²) in [5.74, 6) is 2.58. The van der Waals surface area contributed by atoms with Gasteiger partial charge in [0.1, 0.15) is 17.6 Å². The van der Waals surface area contributed by atoms with Crippen molar-refractivity contribution >= 4 is 0 Å². The molecule has 0 aliphatic carbocycles. The topological polar surface area (TPSA) is 18.5 Å². The van der Waals surface area contributed by atoms with Crippen molar-refractivity contribution in [2.24, 2.45) is 5.92 Å². The van der Waals surface area contributed by atoms with Gasteiger partial charge >= 0.3 is 0 Å². The van der Waals surface area contributed by atoms with Crippen molar-refractivity contribution in [3.63, 3.8) is 0 Å². The number of para-hydroxylation sites is 2. The molecule has 0 N–H and O–H groups in total. The molecule has 0 saturated heterocycles. The smallest absolute Gasteiger partial charge is 0.131 e. The number of rotatable bonds is 1. The molecule has 0 bridgehead atoms. The van der Waals surface area contributed by atoms with Gasteiger partial charge in [0.15, 0.2) is 0 Å². The zero-order valence-electron chi connectivity index (χ0n) is 13.3. The highest BCUT2D eigenvalue weighted by Crippen LogP contribution is 2.52. The molecule has 0 radical (unpaired) electrons. The molecule has 0 spiro atoms. The van der Waals surface area contributed by atoms with Gasteiger partial charge in [0.2, 0.25) is 0 Å². The molecule has 0 amide bonds. The van der Waals surface area contributed by atoms with Crippen LogP contribution in [0.3, 0.4) is 0 Å². The molecule has 0 unspecified atom stereocenters. The molecule has 24 heavy (non-hydrogen) atoms. The van der Waals surface area contributed by atoms with Crippen LogP contribution in [-0.4, -0.2) is 6.61 Å². The number of hydrogen-bond donors (Lipinski definition) is 0. The Bertz CT molecular complexity index is 872. The molecule has 2 aliphatic rings. The minimum atomic E-state index is 0.0134. The summed E-state index contributed by atoms with van der Waals surface area (Å²) < 4.78 is 12.5. The molecule has 0 fully saturated rings. The van der Waals surface area contributed by atoms with Gasteiger partial charge in [0, 0.05) is 23.0 Å². The summed E-state index contributed by atoms with van der Waals surface area (Å²) in [5.41, 5.74) is 3.75. The average molecular weight is 314 g/mol. The third kappa shape index (κ3) is 2.03. The van der Waals surface area contributed by atoms with Gasteiger partial charge in [-0.3, -0.25) is 0 Å². The minimum absolute atomic E-state index is 0.0134. The van der Waals surface area contributed by atoms with Gasteiger partial charge < -0.3 is 9.47 Å². The van der Waals surface area contributed by atoms with E-state index in [1.807, 2.05) is 18.2 Å². The van der Waals surface area contributed by atoms with Crippen molar-refractivity contribution in [1.82, 2.24) is 0 Å². The van der Waals surface area contributed by atoms with Crippen LogP contribution >= 0.6 is 0 Å². The maximum Gasteiger partial charge on any atom is 0.131 e. The summed E-state index contributed by atoms with van der Waals surface area (Å²) in [6, 6.07) is 27.3. The molecule has 5 rings (SSSR count). The lowest BCUT2D eigenvalue weighted by Gasteiger charge is -2.43. The van der Waals surface area contributed by atoms with Crippen LogP contribution in [0.15, 0.2) is 78.9 Å². The van der Waals surface area contributed by atoms with E-state index in [4.69, 9.17) is 9.47 Å². The molecule has 2 aliphatic heterocycles. The van der Waals surface area contributed by atoms with Crippen molar-refractivity contribution in [3.05, 3.63) is 95.6 Å². The first kappa shape index (κ1) is 13.7. The van der Waals surface area contributed by atoms with E-state index < -0.39 is 0 Å². The van der Waals surface area contributed by atoms with Gasteiger partial charge in [-0.1, -0.05) is 66.7 Å². The average Bonchev–Trinajstić information content (AvgIpc) is 2.67. The Labute approximate surface area is 141 Å². The Morgan fingerprint density at radius 3 is 2.08 bits per heavy atom. The fourth-order valence-corrected chi connectivity index (χ4v) is 4.07.